The monoisotopic (exact) mass is 422 g/mol. The molecule has 2 atom stereocenters. The van der Waals surface area contributed by atoms with Gasteiger partial charge in [-0.1, -0.05) is 6.07 Å². The molecule has 11 heteroatoms. The number of aromatic nitrogens is 3. The number of benzene rings is 1. The number of furan rings is 1. The van der Waals surface area contributed by atoms with Crippen LogP contribution in [0.1, 0.15) is 18.2 Å². The SMILES string of the molecule is C[C@@H](N(N)C(=S)NCc1ccco1)[C@](O)(Cn1cncn1)c1ccc(F)cc1F. The van der Waals surface area contributed by atoms with Gasteiger partial charge in [-0.3, -0.25) is 5.01 Å². The van der Waals surface area contributed by atoms with Gasteiger partial charge in [0.05, 0.1) is 25.4 Å². The first-order valence-electron chi connectivity index (χ1n) is 8.65. The van der Waals surface area contributed by atoms with E-state index in [0.717, 1.165) is 11.1 Å². The van der Waals surface area contributed by atoms with Crippen molar-refractivity contribution in [3.8, 4) is 0 Å². The van der Waals surface area contributed by atoms with E-state index in [-0.39, 0.29) is 23.8 Å². The smallest absolute Gasteiger partial charge is 0.184 e. The predicted molar refractivity (Wildman–Crippen MR) is 104 cm³/mol. The minimum Gasteiger partial charge on any atom is -0.467 e. The fraction of sp³-hybridized carbons (Fsp3) is 0.278. The molecule has 0 spiro atoms. The second kappa shape index (κ2) is 8.64. The highest BCUT2D eigenvalue weighted by atomic mass is 32.1. The Morgan fingerprint density at radius 3 is 2.86 bits per heavy atom. The van der Waals surface area contributed by atoms with Gasteiger partial charge in [0, 0.05) is 11.6 Å². The minimum absolute atomic E-state index is 0.105. The van der Waals surface area contributed by atoms with Crippen molar-refractivity contribution in [1.29, 1.82) is 0 Å². The molecular weight excluding hydrogens is 402 g/mol. The largest absolute Gasteiger partial charge is 0.467 e. The van der Waals surface area contributed by atoms with E-state index in [1.54, 1.807) is 19.1 Å². The molecule has 0 fully saturated rings. The number of nitrogens with one attached hydrogen (secondary N) is 1. The van der Waals surface area contributed by atoms with Gasteiger partial charge in [-0.25, -0.2) is 24.3 Å². The maximum atomic E-state index is 14.6. The standard InChI is InChI=1S/C18H20F2N6O2S/c1-12(26(21)17(29)23-8-14-3-2-6-28-14)18(27,9-25-11-22-10-24-25)15-5-4-13(19)7-16(15)20/h2-7,10-12,27H,8-9,21H2,1H3,(H,23,29)/t12-,18-/m1/s1. The van der Waals surface area contributed by atoms with Gasteiger partial charge in [0.1, 0.15) is 35.7 Å². The summed E-state index contributed by atoms with van der Waals surface area (Å²) in [6.07, 6.45) is 4.17. The first kappa shape index (κ1) is 20.8. The third-order valence-corrected chi connectivity index (χ3v) is 4.96. The molecule has 4 N–H and O–H groups in total. The van der Waals surface area contributed by atoms with Crippen molar-refractivity contribution in [2.24, 2.45) is 5.84 Å². The molecule has 29 heavy (non-hydrogen) atoms. The van der Waals surface area contributed by atoms with Crippen LogP contribution >= 0.6 is 12.2 Å². The number of hydrogen-bond acceptors (Lipinski definition) is 6. The number of thiocarbonyl (C=S) groups is 1. The molecule has 3 rings (SSSR count). The fourth-order valence-corrected chi connectivity index (χ4v) is 3.15. The van der Waals surface area contributed by atoms with E-state index in [4.69, 9.17) is 22.5 Å². The van der Waals surface area contributed by atoms with E-state index < -0.39 is 23.3 Å². The topological polar surface area (TPSA) is 105 Å². The van der Waals surface area contributed by atoms with Crippen LogP contribution in [-0.4, -0.2) is 36.0 Å². The Morgan fingerprint density at radius 2 is 2.24 bits per heavy atom. The average molecular weight is 422 g/mol. The third kappa shape index (κ3) is 4.58. The summed E-state index contributed by atoms with van der Waals surface area (Å²) in [5.74, 6) is 5.09. The maximum absolute atomic E-state index is 14.6. The van der Waals surface area contributed by atoms with Crippen molar-refractivity contribution >= 4 is 17.3 Å². The Bertz CT molecular complexity index is 953. The summed E-state index contributed by atoms with van der Waals surface area (Å²) < 4.78 is 34.5. The van der Waals surface area contributed by atoms with E-state index in [1.807, 2.05) is 0 Å². The van der Waals surface area contributed by atoms with Crippen molar-refractivity contribution in [3.63, 3.8) is 0 Å². The fourth-order valence-electron chi connectivity index (χ4n) is 2.92. The van der Waals surface area contributed by atoms with E-state index in [0.29, 0.717) is 11.8 Å². The number of nitrogens with zero attached hydrogens (tertiary/aromatic N) is 4. The Hall–Kier alpha value is -2.89. The van der Waals surface area contributed by atoms with Crippen molar-refractivity contribution in [2.75, 3.05) is 0 Å². The van der Waals surface area contributed by atoms with Crippen LogP contribution in [0.15, 0.2) is 53.7 Å². The quantitative estimate of drug-likeness (QED) is 0.300. The molecular formula is C18H20F2N6O2S. The number of hydrogen-bond donors (Lipinski definition) is 3. The van der Waals surface area contributed by atoms with E-state index in [1.165, 1.54) is 29.7 Å². The molecule has 0 saturated heterocycles. The second-order valence-electron chi connectivity index (χ2n) is 6.46. The zero-order valence-electron chi connectivity index (χ0n) is 15.5. The van der Waals surface area contributed by atoms with Gasteiger partial charge in [0.25, 0.3) is 0 Å². The Balaban J connectivity index is 1.86. The summed E-state index contributed by atoms with van der Waals surface area (Å²) in [4.78, 5) is 3.83. The molecule has 2 aromatic heterocycles. The van der Waals surface area contributed by atoms with Gasteiger partial charge in [-0.05, 0) is 37.3 Å². The lowest BCUT2D eigenvalue weighted by atomic mass is 9.86. The van der Waals surface area contributed by atoms with Crippen molar-refractivity contribution in [2.45, 2.75) is 31.7 Å². The number of halogens is 2. The van der Waals surface area contributed by atoms with Gasteiger partial charge in [0.15, 0.2) is 5.11 Å². The molecule has 0 amide bonds. The lowest BCUT2D eigenvalue weighted by Gasteiger charge is -2.40. The normalized spacial score (nSPS) is 14.2. The molecule has 154 valence electrons. The Morgan fingerprint density at radius 1 is 1.45 bits per heavy atom. The molecule has 3 aromatic rings. The summed E-state index contributed by atoms with van der Waals surface area (Å²) >= 11 is 5.29. The predicted octanol–water partition coefficient (Wildman–Crippen LogP) is 1.68. The molecule has 0 aliphatic carbocycles. The molecule has 1 aromatic carbocycles. The molecule has 8 nitrogen and oxygen atoms in total. The summed E-state index contributed by atoms with van der Waals surface area (Å²) in [5.41, 5.74) is -2.05. The van der Waals surface area contributed by atoms with Gasteiger partial charge < -0.3 is 14.8 Å². The van der Waals surface area contributed by atoms with Gasteiger partial charge >= 0.3 is 0 Å². The maximum Gasteiger partial charge on any atom is 0.184 e. The van der Waals surface area contributed by atoms with Crippen molar-refractivity contribution in [3.05, 3.63) is 72.2 Å². The highest BCUT2D eigenvalue weighted by molar-refractivity contribution is 7.80. The van der Waals surface area contributed by atoms with Crippen LogP contribution in [0.25, 0.3) is 0 Å². The number of nitrogens with two attached hydrogens (primary N) is 1. The summed E-state index contributed by atoms with van der Waals surface area (Å²) in [7, 11) is 0. The van der Waals surface area contributed by atoms with Crippen LogP contribution in [-0.2, 0) is 18.7 Å². The Kier molecular flexibility index (Phi) is 6.20. The third-order valence-electron chi connectivity index (χ3n) is 4.60. The lowest BCUT2D eigenvalue weighted by Crippen LogP contribution is -2.58. The van der Waals surface area contributed by atoms with E-state index in [2.05, 4.69) is 15.4 Å². The van der Waals surface area contributed by atoms with Crippen LogP contribution < -0.4 is 11.2 Å². The van der Waals surface area contributed by atoms with E-state index in [9.17, 15) is 13.9 Å². The number of hydrazine groups is 1. The zero-order valence-corrected chi connectivity index (χ0v) is 16.3. The highest BCUT2D eigenvalue weighted by Crippen LogP contribution is 2.32. The second-order valence-corrected chi connectivity index (χ2v) is 6.85. The van der Waals surface area contributed by atoms with Crippen molar-refractivity contribution < 1.29 is 18.3 Å². The molecule has 0 aliphatic rings. The van der Waals surface area contributed by atoms with Crippen LogP contribution in [0.3, 0.4) is 0 Å². The van der Waals surface area contributed by atoms with E-state index >= 15 is 0 Å². The molecule has 0 bridgehead atoms. The molecule has 0 aliphatic heterocycles. The summed E-state index contributed by atoms with van der Waals surface area (Å²) in [6, 6.07) is 5.49. The molecule has 0 unspecified atom stereocenters. The highest BCUT2D eigenvalue weighted by Gasteiger charge is 2.42. The zero-order chi connectivity index (χ0) is 21.0. The van der Waals surface area contributed by atoms with Gasteiger partial charge in [-0.15, -0.1) is 0 Å². The summed E-state index contributed by atoms with van der Waals surface area (Å²) in [5, 5.41) is 19.6. The van der Waals surface area contributed by atoms with Crippen LogP contribution in [0.5, 0.6) is 0 Å². The Labute approximate surface area is 170 Å². The van der Waals surface area contributed by atoms with Crippen LogP contribution in [0, 0.1) is 11.6 Å². The average Bonchev–Trinajstić information content (AvgIpc) is 3.38. The van der Waals surface area contributed by atoms with Crippen LogP contribution in [0.2, 0.25) is 0 Å². The van der Waals surface area contributed by atoms with Gasteiger partial charge in [-0.2, -0.15) is 5.10 Å². The minimum atomic E-state index is -1.91. The van der Waals surface area contributed by atoms with Crippen LogP contribution in [0.4, 0.5) is 8.78 Å². The molecule has 0 saturated carbocycles. The first-order valence-corrected chi connectivity index (χ1v) is 9.06. The summed E-state index contributed by atoms with van der Waals surface area (Å²) in [6.45, 7) is 1.66. The molecule has 2 heterocycles. The van der Waals surface area contributed by atoms with Gasteiger partial charge in [0.2, 0.25) is 0 Å². The first-order chi connectivity index (χ1) is 13.8. The molecule has 0 radical (unpaired) electrons. The number of aliphatic hydroxyl groups is 1. The lowest BCUT2D eigenvalue weighted by molar-refractivity contribution is -0.0465. The number of rotatable bonds is 7. The van der Waals surface area contributed by atoms with Crippen molar-refractivity contribution in [1.82, 2.24) is 25.1 Å².